The Labute approximate surface area is 147 Å². The predicted molar refractivity (Wildman–Crippen MR) is 91.4 cm³/mol. The number of nitrogens with one attached hydrogen (secondary N) is 1. The smallest absolute Gasteiger partial charge is 0.270 e. The molecule has 0 aromatic carbocycles. The fourth-order valence-electron chi connectivity index (χ4n) is 2.74. The number of rotatable bonds is 3. The Morgan fingerprint density at radius 1 is 1.46 bits per heavy atom. The monoisotopic (exact) mass is 386 g/mol. The van der Waals surface area contributed by atoms with Crippen molar-refractivity contribution in [1.82, 2.24) is 20.3 Å². The molecule has 2 aromatic heterocycles. The van der Waals surface area contributed by atoms with Crippen LogP contribution in [-0.4, -0.2) is 40.0 Å². The van der Waals surface area contributed by atoms with Crippen LogP contribution in [0.5, 0.6) is 0 Å². The van der Waals surface area contributed by atoms with Crippen LogP contribution < -0.4 is 10.2 Å². The van der Waals surface area contributed by atoms with Crippen LogP contribution in [0.2, 0.25) is 0 Å². The predicted octanol–water partition coefficient (Wildman–Crippen LogP) is 1.90. The first kappa shape index (κ1) is 16.3. The van der Waals surface area contributed by atoms with Gasteiger partial charge >= 0.3 is 0 Å². The number of anilines is 1. The molecule has 1 aliphatic heterocycles. The van der Waals surface area contributed by atoms with Crippen molar-refractivity contribution in [3.63, 3.8) is 0 Å². The average Bonchev–Trinajstić information content (AvgIpc) is 2.62. The number of carbonyl (C=O) groups excluding carboxylic acids is 1. The van der Waals surface area contributed by atoms with Gasteiger partial charge in [-0.15, -0.1) is 0 Å². The fraction of sp³-hybridized carbons (Fsp3) is 0.312. The van der Waals surface area contributed by atoms with E-state index in [1.54, 1.807) is 24.5 Å². The van der Waals surface area contributed by atoms with Crippen molar-refractivity contribution in [3.05, 3.63) is 46.6 Å². The number of piperidine rings is 1. The van der Waals surface area contributed by atoms with Crippen LogP contribution in [0.3, 0.4) is 0 Å². The van der Waals surface area contributed by atoms with Gasteiger partial charge in [0.05, 0.1) is 5.56 Å². The number of aromatic nitrogens is 3. The van der Waals surface area contributed by atoms with E-state index in [0.29, 0.717) is 23.6 Å². The minimum Gasteiger partial charge on any atom is -0.353 e. The largest absolute Gasteiger partial charge is 0.353 e. The summed E-state index contributed by atoms with van der Waals surface area (Å²) in [6.45, 7) is 1.42. The molecule has 2 aromatic rings. The Balaban J connectivity index is 1.71. The first-order valence-electron chi connectivity index (χ1n) is 7.55. The van der Waals surface area contributed by atoms with Crippen LogP contribution in [0.4, 0.5) is 5.82 Å². The van der Waals surface area contributed by atoms with E-state index < -0.39 is 0 Å². The Morgan fingerprint density at radius 2 is 2.33 bits per heavy atom. The van der Waals surface area contributed by atoms with E-state index in [1.807, 2.05) is 4.90 Å². The quantitative estimate of drug-likeness (QED) is 0.865. The highest BCUT2D eigenvalue weighted by Gasteiger charge is 2.24. The molecule has 3 heterocycles. The Morgan fingerprint density at radius 3 is 3.08 bits per heavy atom. The number of carbonyl (C=O) groups is 1. The summed E-state index contributed by atoms with van der Waals surface area (Å²) in [4.78, 5) is 26.4. The van der Waals surface area contributed by atoms with Crippen LogP contribution in [0.1, 0.15) is 28.9 Å². The molecular weight excluding hydrogens is 372 g/mol. The van der Waals surface area contributed by atoms with Gasteiger partial charge in [-0.05, 0) is 40.9 Å². The highest BCUT2D eigenvalue weighted by atomic mass is 79.9. The first-order chi connectivity index (χ1) is 11.7. The Bertz CT molecular complexity index is 776. The zero-order valence-corrected chi connectivity index (χ0v) is 14.4. The number of hydrogen-bond donors (Lipinski definition) is 1. The lowest BCUT2D eigenvalue weighted by molar-refractivity contribution is 0.0928. The van der Waals surface area contributed by atoms with Crippen LogP contribution >= 0.6 is 15.9 Å². The van der Waals surface area contributed by atoms with E-state index in [-0.39, 0.29) is 11.9 Å². The highest BCUT2D eigenvalue weighted by Crippen LogP contribution is 2.24. The first-order valence-corrected chi connectivity index (χ1v) is 8.34. The second-order valence-electron chi connectivity index (χ2n) is 5.49. The zero-order valence-electron chi connectivity index (χ0n) is 12.8. The third-order valence-corrected chi connectivity index (χ3v) is 4.26. The molecule has 3 rings (SSSR count). The van der Waals surface area contributed by atoms with E-state index in [2.05, 4.69) is 42.3 Å². The van der Waals surface area contributed by atoms with Crippen molar-refractivity contribution in [1.29, 1.82) is 5.26 Å². The van der Waals surface area contributed by atoms with Crippen molar-refractivity contribution in [2.75, 3.05) is 18.0 Å². The second kappa shape index (κ2) is 7.36. The molecule has 0 bridgehead atoms. The summed E-state index contributed by atoms with van der Waals surface area (Å²) >= 11 is 3.33. The molecule has 122 valence electrons. The summed E-state index contributed by atoms with van der Waals surface area (Å²) < 4.78 is 0.772. The summed E-state index contributed by atoms with van der Waals surface area (Å²) in [6, 6.07) is 5.50. The van der Waals surface area contributed by atoms with Crippen molar-refractivity contribution in [2.24, 2.45) is 0 Å². The third-order valence-electron chi connectivity index (χ3n) is 3.82. The number of nitriles is 1. The standard InChI is InChI=1S/C16H15BrN6O/c17-12-6-11(7-18)15(20-8-12)23-5-1-2-13(9-23)22-16(24)14-3-4-19-10-21-14/h3-4,6,8,10,13H,1-2,5,9H2,(H,22,24). The number of pyridine rings is 1. The molecule has 1 N–H and O–H groups in total. The molecular formula is C16H15BrN6O. The van der Waals surface area contributed by atoms with E-state index in [4.69, 9.17) is 0 Å². The summed E-state index contributed by atoms with van der Waals surface area (Å²) in [5.41, 5.74) is 0.869. The lowest BCUT2D eigenvalue weighted by atomic mass is 10.0. The van der Waals surface area contributed by atoms with E-state index >= 15 is 0 Å². The van der Waals surface area contributed by atoms with Gasteiger partial charge in [-0.25, -0.2) is 15.0 Å². The molecule has 24 heavy (non-hydrogen) atoms. The lowest BCUT2D eigenvalue weighted by Crippen LogP contribution is -2.48. The molecule has 1 fully saturated rings. The molecule has 8 heteroatoms. The molecule has 0 radical (unpaired) electrons. The second-order valence-corrected chi connectivity index (χ2v) is 6.41. The Kier molecular flexibility index (Phi) is 5.01. The molecule has 1 saturated heterocycles. The van der Waals surface area contributed by atoms with Gasteiger partial charge in [0.2, 0.25) is 0 Å². The fourth-order valence-corrected chi connectivity index (χ4v) is 3.07. The molecule has 0 aliphatic carbocycles. The maximum absolute atomic E-state index is 12.2. The van der Waals surface area contributed by atoms with Crippen molar-refractivity contribution >= 4 is 27.7 Å². The van der Waals surface area contributed by atoms with Crippen LogP contribution in [-0.2, 0) is 0 Å². The zero-order chi connectivity index (χ0) is 16.9. The minimum absolute atomic E-state index is 0.0156. The highest BCUT2D eigenvalue weighted by molar-refractivity contribution is 9.10. The van der Waals surface area contributed by atoms with Gasteiger partial charge < -0.3 is 10.2 Å². The maximum Gasteiger partial charge on any atom is 0.270 e. The molecule has 0 saturated carbocycles. The van der Waals surface area contributed by atoms with Gasteiger partial charge in [-0.2, -0.15) is 5.26 Å². The number of amides is 1. The van der Waals surface area contributed by atoms with Gasteiger partial charge in [0.25, 0.3) is 5.91 Å². The van der Waals surface area contributed by atoms with Gasteiger partial charge in [-0.1, -0.05) is 0 Å². The molecule has 7 nitrogen and oxygen atoms in total. The molecule has 1 aliphatic rings. The SMILES string of the molecule is N#Cc1cc(Br)cnc1N1CCCC(NC(=O)c2ccncn2)C1. The van der Waals surface area contributed by atoms with Gasteiger partial charge in [0, 0.05) is 36.0 Å². The Hall–Kier alpha value is -2.53. The number of nitrogens with zero attached hydrogens (tertiary/aromatic N) is 5. The van der Waals surface area contributed by atoms with Gasteiger partial charge in [-0.3, -0.25) is 4.79 Å². The summed E-state index contributed by atoms with van der Waals surface area (Å²) in [7, 11) is 0. The normalized spacial score (nSPS) is 17.2. The number of hydrogen-bond acceptors (Lipinski definition) is 6. The van der Waals surface area contributed by atoms with Crippen molar-refractivity contribution in [3.8, 4) is 6.07 Å². The summed E-state index contributed by atoms with van der Waals surface area (Å²) in [5.74, 6) is 0.440. The van der Waals surface area contributed by atoms with E-state index in [9.17, 15) is 10.1 Å². The van der Waals surface area contributed by atoms with Crippen LogP contribution in [0, 0.1) is 11.3 Å². The average molecular weight is 387 g/mol. The van der Waals surface area contributed by atoms with Crippen molar-refractivity contribution < 1.29 is 4.79 Å². The third kappa shape index (κ3) is 3.68. The summed E-state index contributed by atoms with van der Waals surface area (Å²) in [6.07, 6.45) is 6.37. The maximum atomic E-state index is 12.2. The topological polar surface area (TPSA) is 94.8 Å². The van der Waals surface area contributed by atoms with Crippen LogP contribution in [0.25, 0.3) is 0 Å². The molecule has 1 amide bonds. The minimum atomic E-state index is -0.214. The molecule has 1 atom stereocenters. The van der Waals surface area contributed by atoms with E-state index in [0.717, 1.165) is 23.9 Å². The lowest BCUT2D eigenvalue weighted by Gasteiger charge is -2.34. The van der Waals surface area contributed by atoms with Gasteiger partial charge in [0.1, 0.15) is 23.9 Å². The van der Waals surface area contributed by atoms with Gasteiger partial charge in [0.15, 0.2) is 0 Å². The number of halogens is 1. The summed E-state index contributed by atoms with van der Waals surface area (Å²) in [5, 5.41) is 12.3. The van der Waals surface area contributed by atoms with Crippen molar-refractivity contribution in [2.45, 2.75) is 18.9 Å². The van der Waals surface area contributed by atoms with Crippen LogP contribution in [0.15, 0.2) is 35.3 Å². The molecule has 1 unspecified atom stereocenters. The molecule has 0 spiro atoms. The van der Waals surface area contributed by atoms with E-state index in [1.165, 1.54) is 6.33 Å².